The number of anilines is 2. The summed E-state index contributed by atoms with van der Waals surface area (Å²) in [6.45, 7) is 7.23. The molecule has 0 spiro atoms. The largest absolute Gasteiger partial charge is 0.342 e. The number of rotatable bonds is 7. The summed E-state index contributed by atoms with van der Waals surface area (Å²) >= 11 is 0. The molecule has 2 aromatic rings. The topological polar surface area (TPSA) is 78.5 Å². The molecular formula is C24H29N3O3. The zero-order chi connectivity index (χ0) is 21.7. The number of hydrogen-bond acceptors (Lipinski definition) is 3. The minimum atomic E-state index is -0.332. The molecule has 0 bridgehead atoms. The lowest BCUT2D eigenvalue weighted by molar-refractivity contribution is -0.128. The number of carbonyl (C=O) groups is 3. The number of nitrogens with zero attached hydrogens (tertiary/aromatic N) is 1. The molecule has 0 aromatic heterocycles. The zero-order valence-electron chi connectivity index (χ0n) is 17.8. The first-order valence-corrected chi connectivity index (χ1v) is 10.4. The molecule has 158 valence electrons. The Morgan fingerprint density at radius 3 is 2.47 bits per heavy atom. The van der Waals surface area contributed by atoms with Gasteiger partial charge in [-0.3, -0.25) is 14.4 Å². The summed E-state index contributed by atoms with van der Waals surface area (Å²) in [6.07, 6.45) is 2.22. The molecule has 0 saturated carbocycles. The molecule has 2 aromatic carbocycles. The third-order valence-corrected chi connectivity index (χ3v) is 5.41. The Kier molecular flexibility index (Phi) is 6.87. The van der Waals surface area contributed by atoms with Crippen molar-refractivity contribution in [1.82, 2.24) is 4.90 Å². The Morgan fingerprint density at radius 1 is 1.07 bits per heavy atom. The highest BCUT2D eigenvalue weighted by Crippen LogP contribution is 2.21. The number of likely N-dealkylation sites (tertiary alicyclic amines) is 1. The Hall–Kier alpha value is -3.15. The molecule has 3 amide bonds. The molecule has 3 rings (SSSR count). The maximum atomic E-state index is 12.5. The van der Waals surface area contributed by atoms with Crippen LogP contribution in [0, 0.1) is 19.8 Å². The first-order chi connectivity index (χ1) is 14.4. The van der Waals surface area contributed by atoms with E-state index >= 15 is 0 Å². The van der Waals surface area contributed by atoms with Gasteiger partial charge in [-0.05, 0) is 56.2 Å². The van der Waals surface area contributed by atoms with Crippen LogP contribution in [-0.4, -0.2) is 35.7 Å². The molecule has 1 atom stereocenters. The molecule has 1 aliphatic heterocycles. The van der Waals surface area contributed by atoms with Gasteiger partial charge in [0.1, 0.15) is 0 Å². The molecule has 0 unspecified atom stereocenters. The smallest absolute Gasteiger partial charge is 0.255 e. The van der Waals surface area contributed by atoms with E-state index in [-0.39, 0.29) is 30.1 Å². The van der Waals surface area contributed by atoms with E-state index in [1.807, 2.05) is 32.0 Å². The normalized spacial score (nSPS) is 15.9. The molecule has 30 heavy (non-hydrogen) atoms. The second kappa shape index (κ2) is 9.57. The Morgan fingerprint density at radius 2 is 1.80 bits per heavy atom. The van der Waals surface area contributed by atoms with Crippen LogP contribution in [0.4, 0.5) is 11.4 Å². The van der Waals surface area contributed by atoms with Crippen LogP contribution < -0.4 is 10.6 Å². The summed E-state index contributed by atoms with van der Waals surface area (Å²) in [7, 11) is 0. The number of aryl methyl sites for hydroxylation is 2. The second-order valence-electron chi connectivity index (χ2n) is 7.93. The fourth-order valence-electron chi connectivity index (χ4n) is 3.61. The first-order valence-electron chi connectivity index (χ1n) is 10.4. The highest BCUT2D eigenvalue weighted by molar-refractivity contribution is 6.05. The third kappa shape index (κ3) is 5.26. The summed E-state index contributed by atoms with van der Waals surface area (Å²) in [4.78, 5) is 38.9. The van der Waals surface area contributed by atoms with E-state index in [0.29, 0.717) is 24.3 Å². The van der Waals surface area contributed by atoms with Crippen molar-refractivity contribution in [1.29, 1.82) is 0 Å². The van der Waals surface area contributed by atoms with Crippen LogP contribution in [0.25, 0.3) is 0 Å². The summed E-state index contributed by atoms with van der Waals surface area (Å²) < 4.78 is 0. The molecular weight excluding hydrogens is 378 g/mol. The van der Waals surface area contributed by atoms with E-state index in [9.17, 15) is 14.4 Å². The van der Waals surface area contributed by atoms with Crippen molar-refractivity contribution in [3.8, 4) is 0 Å². The second-order valence-corrected chi connectivity index (χ2v) is 7.93. The molecule has 2 N–H and O–H groups in total. The third-order valence-electron chi connectivity index (χ3n) is 5.41. The molecule has 1 aliphatic rings. The lowest BCUT2D eigenvalue weighted by Crippen LogP contribution is -2.29. The molecule has 6 nitrogen and oxygen atoms in total. The quantitative estimate of drug-likeness (QED) is 0.724. The van der Waals surface area contributed by atoms with Crippen molar-refractivity contribution >= 4 is 29.1 Å². The van der Waals surface area contributed by atoms with Crippen LogP contribution in [0.15, 0.2) is 42.5 Å². The van der Waals surface area contributed by atoms with Gasteiger partial charge in [0, 0.05) is 36.4 Å². The van der Waals surface area contributed by atoms with E-state index in [4.69, 9.17) is 0 Å². The van der Waals surface area contributed by atoms with Crippen LogP contribution in [0.2, 0.25) is 0 Å². The van der Waals surface area contributed by atoms with Gasteiger partial charge in [0.25, 0.3) is 5.91 Å². The molecule has 0 radical (unpaired) electrons. The number of hydrogen-bond donors (Lipinski definition) is 2. The van der Waals surface area contributed by atoms with E-state index in [0.717, 1.165) is 29.7 Å². The maximum Gasteiger partial charge on any atom is 0.255 e. The average Bonchev–Trinajstić information content (AvgIpc) is 3.09. The van der Waals surface area contributed by atoms with Crippen molar-refractivity contribution in [3.05, 3.63) is 59.2 Å². The van der Waals surface area contributed by atoms with E-state index in [1.165, 1.54) is 0 Å². The lowest BCUT2D eigenvalue weighted by atomic mass is 10.1. The highest BCUT2D eigenvalue weighted by atomic mass is 16.2. The van der Waals surface area contributed by atoms with Gasteiger partial charge < -0.3 is 15.5 Å². The summed E-state index contributed by atoms with van der Waals surface area (Å²) in [5.74, 6) is -0.647. The number of nitrogens with one attached hydrogen (secondary N) is 2. The fourth-order valence-corrected chi connectivity index (χ4v) is 3.61. The van der Waals surface area contributed by atoms with Crippen molar-refractivity contribution in [2.45, 2.75) is 40.0 Å². The van der Waals surface area contributed by atoms with Gasteiger partial charge in [0.15, 0.2) is 0 Å². The van der Waals surface area contributed by atoms with Crippen LogP contribution >= 0.6 is 0 Å². The van der Waals surface area contributed by atoms with Gasteiger partial charge >= 0.3 is 0 Å². The van der Waals surface area contributed by atoms with Gasteiger partial charge in [0.05, 0.1) is 5.92 Å². The zero-order valence-corrected chi connectivity index (χ0v) is 17.8. The van der Waals surface area contributed by atoms with Crippen molar-refractivity contribution in [2.75, 3.05) is 23.7 Å². The Labute approximate surface area is 177 Å². The monoisotopic (exact) mass is 407 g/mol. The predicted octanol–water partition coefficient (Wildman–Crippen LogP) is 4.14. The van der Waals surface area contributed by atoms with Crippen molar-refractivity contribution in [2.24, 2.45) is 5.92 Å². The minimum Gasteiger partial charge on any atom is -0.342 e. The van der Waals surface area contributed by atoms with E-state index < -0.39 is 0 Å². The summed E-state index contributed by atoms with van der Waals surface area (Å²) in [5, 5.41) is 5.78. The van der Waals surface area contributed by atoms with Gasteiger partial charge in [-0.25, -0.2) is 0 Å². The molecule has 1 saturated heterocycles. The predicted molar refractivity (Wildman–Crippen MR) is 119 cm³/mol. The van der Waals surface area contributed by atoms with Crippen LogP contribution in [0.5, 0.6) is 0 Å². The van der Waals surface area contributed by atoms with E-state index in [1.54, 1.807) is 29.2 Å². The summed E-state index contributed by atoms with van der Waals surface area (Å²) in [5.41, 5.74) is 4.05. The molecule has 1 heterocycles. The number of unbranched alkanes of at least 4 members (excludes halogenated alkanes) is 1. The molecule has 1 fully saturated rings. The number of amides is 3. The molecule has 0 aliphatic carbocycles. The number of benzene rings is 2. The summed E-state index contributed by atoms with van der Waals surface area (Å²) in [6, 6.07) is 12.7. The Bertz CT molecular complexity index is 937. The van der Waals surface area contributed by atoms with Gasteiger partial charge in [-0.15, -0.1) is 0 Å². The van der Waals surface area contributed by atoms with Gasteiger partial charge in [-0.1, -0.05) is 31.0 Å². The Balaban J connectivity index is 1.57. The van der Waals surface area contributed by atoms with Crippen LogP contribution in [0.1, 0.15) is 47.7 Å². The van der Waals surface area contributed by atoms with Crippen molar-refractivity contribution in [3.63, 3.8) is 0 Å². The molecule has 6 heteroatoms. The van der Waals surface area contributed by atoms with Crippen LogP contribution in [-0.2, 0) is 9.59 Å². The number of carbonyl (C=O) groups excluding carboxylic acids is 3. The highest BCUT2D eigenvalue weighted by Gasteiger charge is 2.33. The maximum absolute atomic E-state index is 12.5. The first kappa shape index (κ1) is 21.6. The minimum absolute atomic E-state index is 0.0435. The lowest BCUT2D eigenvalue weighted by Gasteiger charge is -2.16. The van der Waals surface area contributed by atoms with Crippen LogP contribution in [0.3, 0.4) is 0 Å². The average molecular weight is 408 g/mol. The van der Waals surface area contributed by atoms with Gasteiger partial charge in [-0.2, -0.15) is 0 Å². The SMILES string of the molecule is CCCCN1C[C@@H](C(=O)Nc2ccc(C(=O)Nc3ccc(C)cc3C)cc2)CC1=O. The fraction of sp³-hybridized carbons (Fsp3) is 0.375. The van der Waals surface area contributed by atoms with Gasteiger partial charge in [0.2, 0.25) is 11.8 Å². The van der Waals surface area contributed by atoms with E-state index in [2.05, 4.69) is 17.6 Å². The standard InChI is InChI=1S/C24H29N3O3/c1-4-5-12-27-15-19(14-22(27)28)24(30)25-20-9-7-18(8-10-20)23(29)26-21-11-6-16(2)13-17(21)3/h6-11,13,19H,4-5,12,14-15H2,1-3H3,(H,25,30)(H,26,29)/t19-/m0/s1. The van der Waals surface area contributed by atoms with Crippen molar-refractivity contribution < 1.29 is 14.4 Å².